The minimum absolute atomic E-state index is 0.240. The molecule has 0 bridgehead atoms. The van der Waals surface area contributed by atoms with Crippen molar-refractivity contribution in [2.24, 2.45) is 5.41 Å². The quantitative estimate of drug-likeness (QED) is 0.833. The molecule has 0 aliphatic carbocycles. The normalized spacial score (nSPS) is 25.0. The number of amides is 1. The van der Waals surface area contributed by atoms with Crippen LogP contribution in [0.2, 0.25) is 0 Å². The van der Waals surface area contributed by atoms with Crippen LogP contribution in [0.5, 0.6) is 0 Å². The van der Waals surface area contributed by atoms with Gasteiger partial charge >= 0.3 is 0 Å². The molecule has 1 spiro atoms. The Hall–Kier alpha value is -1.39. The minimum Gasteiger partial charge on any atom is -0.337 e. The van der Waals surface area contributed by atoms with E-state index in [4.69, 9.17) is 0 Å². The van der Waals surface area contributed by atoms with Gasteiger partial charge in [-0.25, -0.2) is 0 Å². The summed E-state index contributed by atoms with van der Waals surface area (Å²) in [7, 11) is 0. The first-order valence-electron chi connectivity index (χ1n) is 9.19. The average Bonchev–Trinajstić information content (AvgIpc) is 3.19. The van der Waals surface area contributed by atoms with Crippen molar-refractivity contribution in [3.63, 3.8) is 0 Å². The molecule has 2 aromatic rings. The summed E-state index contributed by atoms with van der Waals surface area (Å²) in [4.78, 5) is 18.7. The molecule has 2 saturated heterocycles. The molecule has 128 valence electrons. The first-order valence-corrected chi connectivity index (χ1v) is 10.0. The summed E-state index contributed by atoms with van der Waals surface area (Å²) in [6.07, 6.45) is 4.91. The maximum Gasteiger partial charge on any atom is 0.263 e. The molecule has 0 saturated carbocycles. The Morgan fingerprint density at radius 1 is 1.21 bits per heavy atom. The number of nitrogens with zero attached hydrogens (tertiary/aromatic N) is 2. The van der Waals surface area contributed by atoms with Crippen molar-refractivity contribution in [2.75, 3.05) is 32.7 Å². The largest absolute Gasteiger partial charge is 0.337 e. The van der Waals surface area contributed by atoms with Gasteiger partial charge in [0.05, 0.1) is 4.88 Å². The third-order valence-corrected chi connectivity index (χ3v) is 6.75. The van der Waals surface area contributed by atoms with Crippen molar-refractivity contribution in [2.45, 2.75) is 32.6 Å². The molecule has 1 aromatic heterocycles. The topological polar surface area (TPSA) is 23.6 Å². The van der Waals surface area contributed by atoms with Crippen molar-refractivity contribution in [3.8, 4) is 0 Å². The second kappa shape index (κ2) is 6.49. The zero-order valence-electron chi connectivity index (χ0n) is 14.5. The van der Waals surface area contributed by atoms with E-state index in [1.807, 2.05) is 12.1 Å². The Morgan fingerprint density at radius 2 is 2.08 bits per heavy atom. The lowest BCUT2D eigenvalue weighted by Gasteiger charge is -2.40. The smallest absolute Gasteiger partial charge is 0.263 e. The van der Waals surface area contributed by atoms with Gasteiger partial charge < -0.3 is 9.80 Å². The third kappa shape index (κ3) is 2.98. The predicted molar refractivity (Wildman–Crippen MR) is 101 cm³/mol. The van der Waals surface area contributed by atoms with E-state index in [0.717, 1.165) is 24.4 Å². The highest BCUT2D eigenvalue weighted by Gasteiger charge is 2.42. The van der Waals surface area contributed by atoms with Crippen LogP contribution in [0.3, 0.4) is 0 Å². The Kier molecular flexibility index (Phi) is 4.35. The average molecular weight is 343 g/mol. The highest BCUT2D eigenvalue weighted by atomic mass is 32.1. The maximum absolute atomic E-state index is 13.0. The van der Waals surface area contributed by atoms with Gasteiger partial charge in [0.1, 0.15) is 0 Å². The van der Waals surface area contributed by atoms with Crippen LogP contribution in [0.4, 0.5) is 0 Å². The summed E-state index contributed by atoms with van der Waals surface area (Å²) >= 11 is 1.64. The van der Waals surface area contributed by atoms with Gasteiger partial charge in [-0.05, 0) is 56.3 Å². The van der Waals surface area contributed by atoms with Gasteiger partial charge in [0.2, 0.25) is 0 Å². The number of fused-ring (bicyclic) bond motifs is 1. The van der Waals surface area contributed by atoms with E-state index in [0.29, 0.717) is 5.41 Å². The fourth-order valence-corrected chi connectivity index (χ4v) is 5.52. The molecule has 24 heavy (non-hydrogen) atoms. The molecule has 0 radical (unpaired) electrons. The molecule has 0 N–H and O–H groups in total. The molecule has 2 aliphatic rings. The summed E-state index contributed by atoms with van der Waals surface area (Å²) in [5.74, 6) is 0.240. The zero-order chi connectivity index (χ0) is 16.6. The molecule has 1 aromatic carbocycles. The maximum atomic E-state index is 13.0. The van der Waals surface area contributed by atoms with Crippen LogP contribution in [0.15, 0.2) is 30.3 Å². The van der Waals surface area contributed by atoms with Crippen molar-refractivity contribution in [1.82, 2.24) is 9.80 Å². The molecule has 3 heterocycles. The minimum atomic E-state index is 0.240. The van der Waals surface area contributed by atoms with Crippen molar-refractivity contribution < 1.29 is 4.79 Å². The molecule has 4 heteroatoms. The standard InChI is InChI=1S/C20H26N2OS/c1-2-10-21-12-9-20(14-21)8-5-11-22(15-20)19(23)18-13-16-6-3-4-7-17(16)24-18/h3-4,6-7,13H,2,5,8-12,14-15H2,1H3/t20-/m1/s1. The van der Waals surface area contributed by atoms with Gasteiger partial charge in [-0.3, -0.25) is 4.79 Å². The van der Waals surface area contributed by atoms with Gasteiger partial charge in [0, 0.05) is 29.7 Å². The first kappa shape index (κ1) is 16.1. The molecular weight excluding hydrogens is 316 g/mol. The van der Waals surface area contributed by atoms with Crippen LogP contribution >= 0.6 is 11.3 Å². The van der Waals surface area contributed by atoms with E-state index in [-0.39, 0.29) is 5.91 Å². The molecule has 2 aliphatic heterocycles. The number of piperidine rings is 1. The summed E-state index contributed by atoms with van der Waals surface area (Å²) in [5, 5.41) is 1.19. The van der Waals surface area contributed by atoms with Crippen LogP contribution < -0.4 is 0 Å². The van der Waals surface area contributed by atoms with E-state index < -0.39 is 0 Å². The molecule has 1 amide bonds. The summed E-state index contributed by atoms with van der Waals surface area (Å²) in [6, 6.07) is 10.4. The van der Waals surface area contributed by atoms with Gasteiger partial charge in [-0.15, -0.1) is 11.3 Å². The van der Waals surface area contributed by atoms with E-state index in [1.165, 1.54) is 49.0 Å². The van der Waals surface area contributed by atoms with E-state index in [2.05, 4.69) is 34.9 Å². The van der Waals surface area contributed by atoms with E-state index in [1.54, 1.807) is 11.3 Å². The number of thiophene rings is 1. The molecule has 4 rings (SSSR count). The molecule has 2 fully saturated rings. The number of rotatable bonds is 3. The lowest BCUT2D eigenvalue weighted by atomic mass is 9.79. The van der Waals surface area contributed by atoms with Crippen LogP contribution in [-0.2, 0) is 0 Å². The monoisotopic (exact) mass is 342 g/mol. The van der Waals surface area contributed by atoms with Crippen LogP contribution in [0.1, 0.15) is 42.3 Å². The van der Waals surface area contributed by atoms with Crippen LogP contribution in [-0.4, -0.2) is 48.4 Å². The van der Waals surface area contributed by atoms with Crippen LogP contribution in [0, 0.1) is 5.41 Å². The van der Waals surface area contributed by atoms with Crippen molar-refractivity contribution in [3.05, 3.63) is 35.2 Å². The van der Waals surface area contributed by atoms with Gasteiger partial charge in [0.15, 0.2) is 0 Å². The summed E-state index contributed by atoms with van der Waals surface area (Å²) in [6.45, 7) is 7.70. The highest BCUT2D eigenvalue weighted by molar-refractivity contribution is 7.20. The van der Waals surface area contributed by atoms with Crippen LogP contribution in [0.25, 0.3) is 10.1 Å². The van der Waals surface area contributed by atoms with E-state index in [9.17, 15) is 4.79 Å². The molecular formula is C20H26N2OS. The zero-order valence-corrected chi connectivity index (χ0v) is 15.3. The Balaban J connectivity index is 1.50. The Labute approximate surface area is 148 Å². The lowest BCUT2D eigenvalue weighted by Crippen LogP contribution is -2.47. The Morgan fingerprint density at radius 3 is 2.92 bits per heavy atom. The summed E-state index contributed by atoms with van der Waals surface area (Å²) in [5.41, 5.74) is 0.347. The molecule has 1 atom stereocenters. The van der Waals surface area contributed by atoms with E-state index >= 15 is 0 Å². The Bertz CT molecular complexity index is 707. The second-order valence-corrected chi connectivity index (χ2v) is 8.59. The molecule has 0 unspecified atom stereocenters. The number of carbonyl (C=O) groups excluding carboxylic acids is 1. The first-order chi connectivity index (χ1) is 11.7. The van der Waals surface area contributed by atoms with Gasteiger partial charge in [-0.1, -0.05) is 25.1 Å². The fraction of sp³-hybridized carbons (Fsp3) is 0.550. The highest BCUT2D eigenvalue weighted by Crippen LogP contribution is 2.39. The fourth-order valence-electron chi connectivity index (χ4n) is 4.49. The van der Waals surface area contributed by atoms with Gasteiger partial charge in [-0.2, -0.15) is 0 Å². The SMILES string of the molecule is CCCN1CC[C@]2(CCCN(C(=O)c3cc4ccccc4s3)C2)C1. The number of benzene rings is 1. The number of carbonyl (C=O) groups is 1. The second-order valence-electron chi connectivity index (χ2n) is 7.50. The molecule has 3 nitrogen and oxygen atoms in total. The van der Waals surface area contributed by atoms with Crippen molar-refractivity contribution >= 4 is 27.3 Å². The number of likely N-dealkylation sites (tertiary alicyclic amines) is 2. The number of hydrogen-bond acceptors (Lipinski definition) is 3. The lowest BCUT2D eigenvalue weighted by molar-refractivity contribution is 0.0533. The predicted octanol–water partition coefficient (Wildman–Crippen LogP) is 4.24. The van der Waals surface area contributed by atoms with Crippen molar-refractivity contribution in [1.29, 1.82) is 0 Å². The third-order valence-electron chi connectivity index (χ3n) is 5.64. The summed E-state index contributed by atoms with van der Waals surface area (Å²) < 4.78 is 1.21. The number of hydrogen-bond donors (Lipinski definition) is 0. The van der Waals surface area contributed by atoms with Gasteiger partial charge in [0.25, 0.3) is 5.91 Å².